The van der Waals surface area contributed by atoms with Crippen molar-refractivity contribution in [3.8, 4) is 17.1 Å². The third kappa shape index (κ3) is 5.22. The molecule has 1 aromatic heterocycles. The van der Waals surface area contributed by atoms with E-state index in [2.05, 4.69) is 15.3 Å². The number of carbonyl (C=O) groups excluding carboxylic acids is 2. The van der Waals surface area contributed by atoms with E-state index in [1.165, 1.54) is 6.92 Å². The van der Waals surface area contributed by atoms with E-state index >= 15 is 0 Å². The summed E-state index contributed by atoms with van der Waals surface area (Å²) in [6, 6.07) is 4.04. The summed E-state index contributed by atoms with van der Waals surface area (Å²) in [6.45, 7) is 7.82. The lowest BCUT2D eigenvalue weighted by atomic mass is 10.1. The molecule has 2 aromatic rings. The summed E-state index contributed by atoms with van der Waals surface area (Å²) in [5, 5.41) is 2.54. The molecule has 8 heteroatoms. The van der Waals surface area contributed by atoms with Gasteiger partial charge in [-0.2, -0.15) is 0 Å². The Balaban J connectivity index is 2.55. The van der Waals surface area contributed by atoms with Gasteiger partial charge in [-0.1, -0.05) is 20.8 Å². The number of benzene rings is 1. The Labute approximate surface area is 169 Å². The molecule has 2 rings (SSSR count). The van der Waals surface area contributed by atoms with Gasteiger partial charge in [-0.15, -0.1) is 0 Å². The molecule has 156 valence electrons. The van der Waals surface area contributed by atoms with Crippen LogP contribution < -0.4 is 21.3 Å². The monoisotopic (exact) mass is 400 g/mol. The topological polar surface area (TPSA) is 127 Å². The van der Waals surface area contributed by atoms with Crippen LogP contribution in [0.1, 0.15) is 55.7 Å². The first kappa shape index (κ1) is 22.1. The van der Waals surface area contributed by atoms with Crippen molar-refractivity contribution in [3.05, 3.63) is 45.4 Å². The zero-order valence-corrected chi connectivity index (χ0v) is 17.3. The van der Waals surface area contributed by atoms with Crippen LogP contribution in [0.4, 0.5) is 0 Å². The molecule has 8 nitrogen and oxygen atoms in total. The Hall–Kier alpha value is -3.16. The number of amides is 2. The van der Waals surface area contributed by atoms with Gasteiger partial charge in [0.05, 0.1) is 17.9 Å². The van der Waals surface area contributed by atoms with E-state index in [4.69, 9.17) is 10.5 Å². The van der Waals surface area contributed by atoms with E-state index in [9.17, 15) is 14.4 Å². The number of nitrogens with one attached hydrogen (secondary N) is 2. The predicted molar refractivity (Wildman–Crippen MR) is 111 cm³/mol. The average molecular weight is 400 g/mol. The number of hydrogen-bond acceptors (Lipinski definition) is 5. The summed E-state index contributed by atoms with van der Waals surface area (Å²) in [5.74, 6) is -0.230. The van der Waals surface area contributed by atoms with Crippen LogP contribution >= 0.6 is 0 Å². The summed E-state index contributed by atoms with van der Waals surface area (Å²) in [7, 11) is 0. The number of aromatic nitrogens is 2. The van der Waals surface area contributed by atoms with Crippen LogP contribution in [0.15, 0.2) is 23.0 Å². The van der Waals surface area contributed by atoms with Gasteiger partial charge < -0.3 is 20.8 Å². The molecule has 1 heterocycles. The first-order chi connectivity index (χ1) is 13.8. The molecule has 0 aliphatic rings. The number of carbonyl (C=O) groups is 2. The lowest BCUT2D eigenvalue weighted by Crippen LogP contribution is -2.42. The molecule has 1 aromatic carbocycles. The minimum Gasteiger partial charge on any atom is -0.493 e. The number of aryl methyl sites for hydroxylation is 1. The van der Waals surface area contributed by atoms with Gasteiger partial charge in [-0.05, 0) is 44.4 Å². The maximum atomic E-state index is 12.5. The molecule has 4 N–H and O–H groups in total. The number of primary amides is 1. The lowest BCUT2D eigenvalue weighted by molar-refractivity contribution is -0.119. The van der Waals surface area contributed by atoms with E-state index in [1.54, 1.807) is 18.2 Å². The van der Waals surface area contributed by atoms with Gasteiger partial charge in [-0.25, -0.2) is 4.98 Å². The van der Waals surface area contributed by atoms with Gasteiger partial charge in [0.15, 0.2) is 0 Å². The molecule has 0 radical (unpaired) electrons. The Morgan fingerprint density at radius 1 is 1.24 bits per heavy atom. The second kappa shape index (κ2) is 9.86. The number of nitrogens with zero attached hydrogens (tertiary/aromatic N) is 1. The van der Waals surface area contributed by atoms with Crippen molar-refractivity contribution in [3.63, 3.8) is 0 Å². The van der Waals surface area contributed by atoms with Crippen LogP contribution in [-0.2, 0) is 17.6 Å². The molecule has 0 fully saturated rings. The van der Waals surface area contributed by atoms with Gasteiger partial charge in [0.1, 0.15) is 17.6 Å². The summed E-state index contributed by atoms with van der Waals surface area (Å²) in [5.41, 5.74) is 7.19. The summed E-state index contributed by atoms with van der Waals surface area (Å²) < 4.78 is 5.80. The summed E-state index contributed by atoms with van der Waals surface area (Å²) >= 11 is 0. The molecule has 0 aliphatic heterocycles. The fraction of sp³-hybridized carbons (Fsp3) is 0.429. The number of aromatic amines is 1. The van der Waals surface area contributed by atoms with Crippen LogP contribution in [0.2, 0.25) is 0 Å². The zero-order chi connectivity index (χ0) is 21.6. The van der Waals surface area contributed by atoms with Crippen molar-refractivity contribution in [2.24, 2.45) is 5.73 Å². The highest BCUT2D eigenvalue weighted by Crippen LogP contribution is 2.29. The normalized spacial score (nSPS) is 11.7. The Kier molecular flexibility index (Phi) is 7.52. The Morgan fingerprint density at radius 3 is 2.55 bits per heavy atom. The minimum absolute atomic E-state index is 0.201. The number of nitrogens with two attached hydrogens (primary N) is 1. The van der Waals surface area contributed by atoms with E-state index in [1.807, 2.05) is 20.8 Å². The molecule has 0 saturated heterocycles. The minimum atomic E-state index is -0.810. The standard InChI is InChI=1S/C21H28N4O4/c1-5-10-29-17-9-8-13(20(27)23-12(4)18(22)26)11-15(17)19-24-16(7-3)14(6-2)21(28)25-19/h8-9,11-12H,5-7,10H2,1-4H3,(H2,22,26)(H,23,27)(H,24,25,28). The van der Waals surface area contributed by atoms with Crippen molar-refractivity contribution in [2.45, 2.75) is 53.0 Å². The van der Waals surface area contributed by atoms with Gasteiger partial charge >= 0.3 is 0 Å². The fourth-order valence-corrected chi connectivity index (χ4v) is 2.87. The molecular weight excluding hydrogens is 372 g/mol. The largest absolute Gasteiger partial charge is 0.493 e. The lowest BCUT2D eigenvalue weighted by Gasteiger charge is -2.15. The SMILES string of the molecule is CCCOc1ccc(C(=O)NC(C)C(N)=O)cc1-c1nc(CC)c(CC)c(=O)[nH]1. The van der Waals surface area contributed by atoms with E-state index in [-0.39, 0.29) is 5.56 Å². The maximum absolute atomic E-state index is 12.5. The first-order valence-corrected chi connectivity index (χ1v) is 9.81. The third-order valence-electron chi connectivity index (χ3n) is 4.52. The quantitative estimate of drug-likeness (QED) is 0.593. The van der Waals surface area contributed by atoms with Crippen molar-refractivity contribution in [1.29, 1.82) is 0 Å². The van der Waals surface area contributed by atoms with Crippen LogP contribution in [-0.4, -0.2) is 34.4 Å². The Bertz CT molecular complexity index is 952. The van der Waals surface area contributed by atoms with E-state index < -0.39 is 17.9 Å². The predicted octanol–water partition coefficient (Wildman–Crippen LogP) is 1.95. The van der Waals surface area contributed by atoms with Crippen LogP contribution in [0.25, 0.3) is 11.4 Å². The first-order valence-electron chi connectivity index (χ1n) is 9.81. The zero-order valence-electron chi connectivity index (χ0n) is 17.3. The molecule has 0 spiro atoms. The van der Waals surface area contributed by atoms with E-state index in [0.29, 0.717) is 53.4 Å². The van der Waals surface area contributed by atoms with Crippen molar-refractivity contribution in [2.75, 3.05) is 6.61 Å². The van der Waals surface area contributed by atoms with Crippen LogP contribution in [0.5, 0.6) is 5.75 Å². The summed E-state index contributed by atoms with van der Waals surface area (Å²) in [6.07, 6.45) is 2.00. The van der Waals surface area contributed by atoms with Crippen molar-refractivity contribution in [1.82, 2.24) is 15.3 Å². The van der Waals surface area contributed by atoms with Gasteiger partial charge in [-0.3, -0.25) is 14.4 Å². The molecule has 2 amide bonds. The van der Waals surface area contributed by atoms with Gasteiger partial charge in [0, 0.05) is 11.1 Å². The molecule has 0 aliphatic carbocycles. The van der Waals surface area contributed by atoms with Crippen LogP contribution in [0.3, 0.4) is 0 Å². The highest BCUT2D eigenvalue weighted by molar-refractivity contribution is 5.98. The average Bonchev–Trinajstić information content (AvgIpc) is 2.71. The molecule has 29 heavy (non-hydrogen) atoms. The van der Waals surface area contributed by atoms with Gasteiger partial charge in [0.2, 0.25) is 5.91 Å². The molecular formula is C21H28N4O4. The highest BCUT2D eigenvalue weighted by atomic mass is 16.5. The van der Waals surface area contributed by atoms with Crippen molar-refractivity contribution < 1.29 is 14.3 Å². The molecule has 1 atom stereocenters. The third-order valence-corrected chi connectivity index (χ3v) is 4.52. The fourth-order valence-electron chi connectivity index (χ4n) is 2.87. The smallest absolute Gasteiger partial charge is 0.254 e. The number of rotatable bonds is 9. The number of H-pyrrole nitrogens is 1. The summed E-state index contributed by atoms with van der Waals surface area (Å²) in [4.78, 5) is 43.7. The number of ether oxygens (including phenoxy) is 1. The second-order valence-electron chi connectivity index (χ2n) is 6.70. The highest BCUT2D eigenvalue weighted by Gasteiger charge is 2.18. The maximum Gasteiger partial charge on any atom is 0.254 e. The molecule has 1 unspecified atom stereocenters. The number of hydrogen-bond donors (Lipinski definition) is 3. The Morgan fingerprint density at radius 2 is 1.97 bits per heavy atom. The second-order valence-corrected chi connectivity index (χ2v) is 6.70. The molecule has 0 bridgehead atoms. The molecule has 0 saturated carbocycles. The van der Waals surface area contributed by atoms with Crippen molar-refractivity contribution >= 4 is 11.8 Å². The van der Waals surface area contributed by atoms with Crippen LogP contribution in [0, 0.1) is 0 Å². The van der Waals surface area contributed by atoms with Gasteiger partial charge in [0.25, 0.3) is 11.5 Å². The van der Waals surface area contributed by atoms with E-state index in [0.717, 1.165) is 6.42 Å².